The van der Waals surface area contributed by atoms with Gasteiger partial charge in [0, 0.05) is 31.2 Å². The zero-order chi connectivity index (χ0) is 14.7. The summed E-state index contributed by atoms with van der Waals surface area (Å²) < 4.78 is 0. The van der Waals surface area contributed by atoms with E-state index in [2.05, 4.69) is 41.5 Å². The summed E-state index contributed by atoms with van der Waals surface area (Å²) in [4.78, 5) is 2.64. The largest absolute Gasteiger partial charge is 0.369 e. The van der Waals surface area contributed by atoms with Crippen molar-refractivity contribution in [3.63, 3.8) is 0 Å². The second kappa shape index (κ2) is 6.97. The van der Waals surface area contributed by atoms with Crippen LogP contribution in [0.4, 0.5) is 0 Å². The van der Waals surface area contributed by atoms with E-state index in [9.17, 15) is 0 Å². The Morgan fingerprint density at radius 3 is 2.62 bits per heavy atom. The Bertz CT molecular complexity index is 403. The third-order valence-electron chi connectivity index (χ3n) is 5.27. The molecular formula is C18H31N3. The topological polar surface area (TPSA) is 27.3 Å². The van der Waals surface area contributed by atoms with Gasteiger partial charge in [-0.1, -0.05) is 32.8 Å². The fraction of sp³-hybridized carbons (Fsp3) is 0.778. The maximum Gasteiger partial charge on any atom is 0.0987 e. The van der Waals surface area contributed by atoms with Gasteiger partial charge in [0.2, 0.25) is 0 Å². The minimum atomic E-state index is 0.418. The van der Waals surface area contributed by atoms with E-state index in [0.717, 1.165) is 19.5 Å². The van der Waals surface area contributed by atoms with Crippen molar-refractivity contribution in [2.24, 2.45) is 11.8 Å². The molecule has 2 atom stereocenters. The fourth-order valence-electron chi connectivity index (χ4n) is 3.90. The summed E-state index contributed by atoms with van der Waals surface area (Å²) in [5.41, 5.74) is 3.05. The Labute approximate surface area is 129 Å². The van der Waals surface area contributed by atoms with Crippen molar-refractivity contribution in [2.45, 2.75) is 52.1 Å². The van der Waals surface area contributed by atoms with Crippen LogP contribution in [0.1, 0.15) is 46.0 Å². The van der Waals surface area contributed by atoms with Crippen LogP contribution >= 0.6 is 0 Å². The minimum Gasteiger partial charge on any atom is -0.369 e. The van der Waals surface area contributed by atoms with Crippen LogP contribution in [-0.4, -0.2) is 37.2 Å². The van der Waals surface area contributed by atoms with Gasteiger partial charge >= 0.3 is 0 Å². The van der Waals surface area contributed by atoms with E-state index in [1.807, 2.05) is 0 Å². The number of rotatable bonds is 2. The van der Waals surface area contributed by atoms with Gasteiger partial charge in [-0.15, -0.1) is 0 Å². The van der Waals surface area contributed by atoms with Crippen molar-refractivity contribution in [3.05, 3.63) is 23.4 Å². The van der Waals surface area contributed by atoms with Crippen LogP contribution in [0.2, 0.25) is 0 Å². The number of dihydropyridines is 1. The molecule has 3 nitrogen and oxygen atoms in total. The third-order valence-corrected chi connectivity index (χ3v) is 5.27. The Hall–Kier alpha value is -0.800. The Morgan fingerprint density at radius 1 is 1.14 bits per heavy atom. The first-order valence-electron chi connectivity index (χ1n) is 8.88. The highest BCUT2D eigenvalue weighted by Gasteiger charge is 2.29. The van der Waals surface area contributed by atoms with E-state index >= 15 is 0 Å². The first-order chi connectivity index (χ1) is 10.3. The van der Waals surface area contributed by atoms with Crippen molar-refractivity contribution in [1.29, 1.82) is 0 Å². The molecule has 118 valence electrons. The number of nitrogens with zero attached hydrogens (tertiary/aromatic N) is 1. The van der Waals surface area contributed by atoms with Crippen molar-refractivity contribution >= 4 is 0 Å². The van der Waals surface area contributed by atoms with Gasteiger partial charge in [0.05, 0.1) is 6.17 Å². The number of hydrogen-bond acceptors (Lipinski definition) is 3. The molecule has 3 heterocycles. The number of likely N-dealkylation sites (tertiary alicyclic amines) is 1. The third kappa shape index (κ3) is 3.51. The first-order valence-corrected chi connectivity index (χ1v) is 8.88. The predicted octanol–water partition coefficient (Wildman–Crippen LogP) is 2.87. The monoisotopic (exact) mass is 289 g/mol. The summed E-state index contributed by atoms with van der Waals surface area (Å²) in [5, 5.41) is 7.51. The average Bonchev–Trinajstić information content (AvgIpc) is 2.87. The molecule has 0 aromatic heterocycles. The molecule has 21 heavy (non-hydrogen) atoms. The second-order valence-corrected chi connectivity index (χ2v) is 7.14. The van der Waals surface area contributed by atoms with Crippen LogP contribution in [0.15, 0.2) is 23.4 Å². The number of hydrogen-bond donors (Lipinski definition) is 2. The molecule has 0 bridgehead atoms. The Balaban J connectivity index is 1.75. The van der Waals surface area contributed by atoms with E-state index in [4.69, 9.17) is 0 Å². The number of nitrogens with one attached hydrogen (secondary N) is 2. The van der Waals surface area contributed by atoms with Crippen molar-refractivity contribution in [3.8, 4) is 0 Å². The van der Waals surface area contributed by atoms with E-state index in [1.165, 1.54) is 50.0 Å². The molecule has 3 aliphatic heterocycles. The highest BCUT2D eigenvalue weighted by Crippen LogP contribution is 2.29. The van der Waals surface area contributed by atoms with Crippen LogP contribution in [0.3, 0.4) is 0 Å². The van der Waals surface area contributed by atoms with Crippen molar-refractivity contribution in [1.82, 2.24) is 15.5 Å². The van der Waals surface area contributed by atoms with Crippen LogP contribution in [0.25, 0.3) is 0 Å². The zero-order valence-electron chi connectivity index (χ0n) is 13.7. The molecule has 3 aliphatic rings. The summed E-state index contributed by atoms with van der Waals surface area (Å²) in [5.74, 6) is 1.31. The highest BCUT2D eigenvalue weighted by atomic mass is 15.3. The summed E-state index contributed by atoms with van der Waals surface area (Å²) in [6.45, 7) is 9.42. The molecule has 0 saturated carbocycles. The van der Waals surface area contributed by atoms with E-state index in [-0.39, 0.29) is 0 Å². The van der Waals surface area contributed by atoms with Crippen molar-refractivity contribution < 1.29 is 0 Å². The fourth-order valence-corrected chi connectivity index (χ4v) is 3.90. The van der Waals surface area contributed by atoms with Gasteiger partial charge in [0.15, 0.2) is 0 Å². The van der Waals surface area contributed by atoms with Crippen LogP contribution < -0.4 is 10.6 Å². The number of allylic oxidation sites excluding steroid dienone is 1. The molecule has 0 amide bonds. The molecule has 0 aliphatic carbocycles. The molecule has 0 aromatic carbocycles. The standard InChI is InChI=1S/C18H31N3/c1-14(2)16-13-19-10-9-15-7-8-17(20-18(15)16)21-11-5-3-4-6-12-21/h7-8,14,16-17,19-20H,3-6,9-13H2,1-2H3. The van der Waals surface area contributed by atoms with E-state index in [1.54, 1.807) is 0 Å². The maximum atomic E-state index is 3.90. The minimum absolute atomic E-state index is 0.418. The smallest absolute Gasteiger partial charge is 0.0987 e. The van der Waals surface area contributed by atoms with Crippen LogP contribution in [-0.2, 0) is 0 Å². The van der Waals surface area contributed by atoms with Gasteiger partial charge in [-0.05, 0) is 43.4 Å². The Kier molecular flexibility index (Phi) is 5.02. The average molecular weight is 289 g/mol. The van der Waals surface area contributed by atoms with Gasteiger partial charge in [0.25, 0.3) is 0 Å². The zero-order valence-corrected chi connectivity index (χ0v) is 13.7. The molecule has 3 heteroatoms. The lowest BCUT2D eigenvalue weighted by Crippen LogP contribution is -2.48. The van der Waals surface area contributed by atoms with Crippen LogP contribution in [0, 0.1) is 11.8 Å². The molecular weight excluding hydrogens is 258 g/mol. The molecule has 0 spiro atoms. The van der Waals surface area contributed by atoms with E-state index < -0.39 is 0 Å². The predicted molar refractivity (Wildman–Crippen MR) is 88.9 cm³/mol. The summed E-state index contributed by atoms with van der Waals surface area (Å²) in [6.07, 6.45) is 11.9. The quantitative estimate of drug-likeness (QED) is 0.818. The molecule has 2 unspecified atom stereocenters. The molecule has 1 fully saturated rings. The normalized spacial score (nSPS) is 31.6. The summed E-state index contributed by atoms with van der Waals surface area (Å²) >= 11 is 0. The van der Waals surface area contributed by atoms with Gasteiger partial charge in [-0.3, -0.25) is 4.90 Å². The van der Waals surface area contributed by atoms with Crippen molar-refractivity contribution in [2.75, 3.05) is 26.2 Å². The molecule has 3 rings (SSSR count). The first kappa shape index (κ1) is 15.1. The SMILES string of the molecule is CC(C)C1CNCCC2=C1NC(N1CCCCCC1)C=C2. The lowest BCUT2D eigenvalue weighted by Gasteiger charge is -2.36. The van der Waals surface area contributed by atoms with Gasteiger partial charge < -0.3 is 10.6 Å². The van der Waals surface area contributed by atoms with E-state index in [0.29, 0.717) is 18.0 Å². The van der Waals surface area contributed by atoms with Gasteiger partial charge in [0.1, 0.15) is 0 Å². The Morgan fingerprint density at radius 2 is 1.90 bits per heavy atom. The molecule has 1 saturated heterocycles. The van der Waals surface area contributed by atoms with Gasteiger partial charge in [-0.2, -0.15) is 0 Å². The summed E-state index contributed by atoms with van der Waals surface area (Å²) in [6, 6.07) is 0. The lowest BCUT2D eigenvalue weighted by atomic mass is 9.88. The second-order valence-electron chi connectivity index (χ2n) is 7.14. The molecule has 2 N–H and O–H groups in total. The highest BCUT2D eigenvalue weighted by molar-refractivity contribution is 5.33. The van der Waals surface area contributed by atoms with Crippen LogP contribution in [0.5, 0.6) is 0 Å². The molecule has 0 aromatic rings. The van der Waals surface area contributed by atoms with Gasteiger partial charge in [-0.25, -0.2) is 0 Å². The summed E-state index contributed by atoms with van der Waals surface area (Å²) in [7, 11) is 0. The lowest BCUT2D eigenvalue weighted by molar-refractivity contribution is 0.207. The molecule has 0 radical (unpaired) electrons. The maximum absolute atomic E-state index is 3.90.